The van der Waals surface area contributed by atoms with E-state index in [1.54, 1.807) is 19.2 Å². The van der Waals surface area contributed by atoms with Gasteiger partial charge in [0.1, 0.15) is 21.1 Å². The molecule has 51 heavy (non-hydrogen) atoms. The van der Waals surface area contributed by atoms with Gasteiger partial charge in [-0.05, 0) is 66.0 Å². The Bertz CT molecular complexity index is 1790. The van der Waals surface area contributed by atoms with Gasteiger partial charge in [-0.1, -0.05) is 46.7 Å². The summed E-state index contributed by atoms with van der Waals surface area (Å²) in [6.45, 7) is 19.2. The van der Waals surface area contributed by atoms with Gasteiger partial charge in [0, 0.05) is 42.5 Å². The highest BCUT2D eigenvalue weighted by Gasteiger charge is 2.45. The first-order valence-electron chi connectivity index (χ1n) is 17.3. The molecule has 0 bridgehead atoms. The standard InChI is InChI=1S/C17H28N4O4S.C17H29N3O4S/c1-16(2,3)12-9-13(21(6)20-12)19-15(23)17(4,5)26(24,25)10-11-7-8-14(22)18-11;1-16(2,3)13-10-14(20-24-13)19-15(21)17(4,5)25(22,23)11-12-6-8-18-9-7-12/h9,11H,7-8,10H2,1-6H3,(H,18,22)(H,19,23);10,12,18H,6-9,11H2,1-5H3,(H,19,20,21)/t11-;/m1./s1. The van der Waals surface area contributed by atoms with Crippen molar-refractivity contribution in [1.29, 1.82) is 0 Å². The van der Waals surface area contributed by atoms with Gasteiger partial charge in [-0.3, -0.25) is 19.1 Å². The molecule has 1 atom stereocenters. The molecule has 0 saturated carbocycles. The van der Waals surface area contributed by atoms with E-state index in [0.717, 1.165) is 31.6 Å². The Morgan fingerprint density at radius 1 is 0.843 bits per heavy atom. The third-order valence-electron chi connectivity index (χ3n) is 9.45. The van der Waals surface area contributed by atoms with E-state index in [-0.39, 0.29) is 40.0 Å². The summed E-state index contributed by atoms with van der Waals surface area (Å²) in [4.78, 5) is 36.6. The molecule has 2 aromatic heterocycles. The van der Waals surface area contributed by atoms with Crippen LogP contribution < -0.4 is 21.3 Å². The third-order valence-corrected chi connectivity index (χ3v) is 14.7. The highest BCUT2D eigenvalue weighted by atomic mass is 32.2. The number of anilines is 2. The number of nitrogens with one attached hydrogen (secondary N) is 4. The number of hydrogen-bond donors (Lipinski definition) is 4. The maximum Gasteiger partial charge on any atom is 0.246 e. The summed E-state index contributed by atoms with van der Waals surface area (Å²) in [6.07, 6.45) is 2.41. The number of sulfone groups is 2. The van der Waals surface area contributed by atoms with E-state index in [1.165, 1.54) is 32.4 Å². The Labute approximate surface area is 302 Å². The van der Waals surface area contributed by atoms with Crippen molar-refractivity contribution < 1.29 is 35.7 Å². The lowest BCUT2D eigenvalue weighted by Gasteiger charge is -2.28. The smallest absolute Gasteiger partial charge is 0.246 e. The number of nitrogens with zero attached hydrogens (tertiary/aromatic N) is 3. The molecule has 0 radical (unpaired) electrons. The van der Waals surface area contributed by atoms with Crippen LogP contribution in [0.2, 0.25) is 0 Å². The predicted octanol–water partition coefficient (Wildman–Crippen LogP) is 3.23. The zero-order chi connectivity index (χ0) is 38.8. The average Bonchev–Trinajstić information content (AvgIpc) is 3.73. The lowest BCUT2D eigenvalue weighted by atomic mass is 9.92. The first-order valence-corrected chi connectivity index (χ1v) is 20.6. The van der Waals surface area contributed by atoms with Crippen molar-refractivity contribution >= 4 is 49.0 Å². The van der Waals surface area contributed by atoms with E-state index in [2.05, 4.69) is 31.5 Å². The second-order valence-corrected chi connectivity index (χ2v) is 21.8. The summed E-state index contributed by atoms with van der Waals surface area (Å²) in [7, 11) is -5.68. The van der Waals surface area contributed by atoms with Crippen LogP contribution in [-0.4, -0.2) is 89.6 Å². The Hall–Kier alpha value is -3.31. The zero-order valence-corrected chi connectivity index (χ0v) is 33.5. The minimum absolute atomic E-state index is 0.0289. The molecule has 2 aliphatic rings. The molecule has 17 heteroatoms. The molecule has 0 aromatic carbocycles. The number of aromatic nitrogens is 3. The summed E-state index contributed by atoms with van der Waals surface area (Å²) >= 11 is 0. The number of carbonyl (C=O) groups excluding carboxylic acids is 3. The molecule has 3 amide bonds. The first kappa shape index (κ1) is 42.1. The molecule has 0 unspecified atom stereocenters. The number of hydrogen-bond acceptors (Lipinski definition) is 11. The molecule has 2 aromatic rings. The molecule has 0 spiro atoms. The first-order chi connectivity index (χ1) is 23.2. The van der Waals surface area contributed by atoms with Crippen LogP contribution in [0.5, 0.6) is 0 Å². The monoisotopic (exact) mass is 755 g/mol. The largest absolute Gasteiger partial charge is 0.359 e. The van der Waals surface area contributed by atoms with Gasteiger partial charge in [-0.2, -0.15) is 5.10 Å². The lowest BCUT2D eigenvalue weighted by Crippen LogP contribution is -2.48. The number of carbonyl (C=O) groups is 3. The number of amides is 3. The average molecular weight is 756 g/mol. The van der Waals surface area contributed by atoms with Crippen LogP contribution >= 0.6 is 0 Å². The van der Waals surface area contributed by atoms with Crippen molar-refractivity contribution in [2.24, 2.45) is 13.0 Å². The van der Waals surface area contributed by atoms with Crippen molar-refractivity contribution in [3.8, 4) is 0 Å². The van der Waals surface area contributed by atoms with E-state index in [4.69, 9.17) is 4.52 Å². The van der Waals surface area contributed by atoms with Crippen LogP contribution in [0.3, 0.4) is 0 Å². The van der Waals surface area contributed by atoms with Gasteiger partial charge in [0.25, 0.3) is 0 Å². The molecule has 2 fully saturated rings. The van der Waals surface area contributed by atoms with Crippen molar-refractivity contribution in [2.75, 3.05) is 35.2 Å². The Morgan fingerprint density at radius 2 is 1.39 bits per heavy atom. The molecule has 4 rings (SSSR count). The molecule has 15 nitrogen and oxygen atoms in total. The van der Waals surface area contributed by atoms with Gasteiger partial charge in [0.2, 0.25) is 17.7 Å². The quantitative estimate of drug-likeness (QED) is 0.277. The maximum atomic E-state index is 12.8. The van der Waals surface area contributed by atoms with Gasteiger partial charge >= 0.3 is 0 Å². The molecule has 4 N–H and O–H groups in total. The van der Waals surface area contributed by atoms with E-state index >= 15 is 0 Å². The van der Waals surface area contributed by atoms with E-state index in [0.29, 0.717) is 24.4 Å². The molecule has 4 heterocycles. The fourth-order valence-corrected chi connectivity index (χ4v) is 8.53. The second kappa shape index (κ2) is 15.3. The summed E-state index contributed by atoms with van der Waals surface area (Å²) in [5, 5.41) is 19.3. The maximum absolute atomic E-state index is 12.8. The molecular formula is C34H57N7O8S2. The molecule has 2 saturated heterocycles. The van der Waals surface area contributed by atoms with Crippen molar-refractivity contribution in [3.05, 3.63) is 23.6 Å². The van der Waals surface area contributed by atoms with E-state index in [9.17, 15) is 31.2 Å². The normalized spacial score (nSPS) is 18.1. The number of rotatable bonds is 10. The van der Waals surface area contributed by atoms with Gasteiger partial charge < -0.3 is 25.8 Å². The van der Waals surface area contributed by atoms with Crippen LogP contribution in [0.4, 0.5) is 11.6 Å². The van der Waals surface area contributed by atoms with Crippen molar-refractivity contribution in [2.45, 2.75) is 121 Å². The summed E-state index contributed by atoms with van der Waals surface area (Å²) < 4.78 is 54.7. The van der Waals surface area contributed by atoms with Crippen LogP contribution in [0.15, 0.2) is 16.7 Å². The predicted molar refractivity (Wildman–Crippen MR) is 197 cm³/mol. The van der Waals surface area contributed by atoms with E-state index in [1.807, 2.05) is 41.5 Å². The van der Waals surface area contributed by atoms with Crippen molar-refractivity contribution in [3.63, 3.8) is 0 Å². The Balaban J connectivity index is 0.000000276. The van der Waals surface area contributed by atoms with Crippen LogP contribution in [0.25, 0.3) is 0 Å². The summed E-state index contributed by atoms with van der Waals surface area (Å²) in [5.74, 6) is -0.190. The molecule has 2 aliphatic heterocycles. The molecule has 288 valence electrons. The van der Waals surface area contributed by atoms with Gasteiger partial charge in [-0.25, -0.2) is 16.8 Å². The summed E-state index contributed by atoms with van der Waals surface area (Å²) in [6, 6.07) is 2.94. The minimum atomic E-state index is -3.78. The third kappa shape index (κ3) is 10.4. The topological polar surface area (TPSA) is 211 Å². The van der Waals surface area contributed by atoms with Gasteiger partial charge in [-0.15, -0.1) is 0 Å². The number of piperidine rings is 1. The fourth-order valence-electron chi connectivity index (χ4n) is 5.30. The Kier molecular flexibility index (Phi) is 12.7. The summed E-state index contributed by atoms with van der Waals surface area (Å²) in [5.41, 5.74) is 0.361. The highest BCUT2D eigenvalue weighted by molar-refractivity contribution is 7.93. The second-order valence-electron chi connectivity index (χ2n) is 16.6. The van der Waals surface area contributed by atoms with E-state index < -0.39 is 47.0 Å². The van der Waals surface area contributed by atoms with Crippen molar-refractivity contribution in [1.82, 2.24) is 25.6 Å². The van der Waals surface area contributed by atoms with Gasteiger partial charge in [0.05, 0.1) is 17.2 Å². The number of aryl methyl sites for hydroxylation is 1. The highest BCUT2D eigenvalue weighted by Crippen LogP contribution is 2.29. The molecule has 0 aliphatic carbocycles. The minimum Gasteiger partial charge on any atom is -0.359 e. The van der Waals surface area contributed by atoms with Crippen LogP contribution in [-0.2, 0) is 51.9 Å². The fraction of sp³-hybridized carbons (Fsp3) is 0.735. The van der Waals surface area contributed by atoms with Crippen LogP contribution in [0, 0.1) is 5.92 Å². The van der Waals surface area contributed by atoms with Crippen LogP contribution in [0.1, 0.15) is 106 Å². The van der Waals surface area contributed by atoms with Gasteiger partial charge in [0.15, 0.2) is 25.5 Å². The Morgan fingerprint density at radius 3 is 1.86 bits per heavy atom. The SMILES string of the molecule is CC(C)(C)c1cc(NC(=O)C(C)(C)S(=O)(=O)CC2CCNCC2)no1.Cn1nc(C(C)(C)C)cc1NC(=O)C(C)(C)S(=O)(=O)C[C@H]1CCC(=O)N1. The lowest BCUT2D eigenvalue weighted by molar-refractivity contribution is -0.119. The zero-order valence-electron chi connectivity index (χ0n) is 31.9. The molecular weight excluding hydrogens is 699 g/mol.